The summed E-state index contributed by atoms with van der Waals surface area (Å²) in [7, 11) is 3.24. The van der Waals surface area contributed by atoms with Gasteiger partial charge in [0, 0.05) is 18.7 Å². The van der Waals surface area contributed by atoms with Crippen LogP contribution in [-0.4, -0.2) is 31.5 Å². The molecule has 1 rings (SSSR count). The van der Waals surface area contributed by atoms with Crippen LogP contribution < -0.4 is 14.8 Å². The van der Waals surface area contributed by atoms with Crippen LogP contribution in [0.25, 0.3) is 0 Å². The highest BCUT2D eigenvalue weighted by atomic mass is 16.5. The molecule has 0 heterocycles. The zero-order valence-corrected chi connectivity index (χ0v) is 10.9. The summed E-state index contributed by atoms with van der Waals surface area (Å²) in [5, 5.41) is 12.8. The number of hydrogen-bond donors (Lipinski definition) is 2. The second-order valence-corrected chi connectivity index (χ2v) is 4.57. The van der Waals surface area contributed by atoms with Crippen molar-refractivity contribution in [2.24, 2.45) is 0 Å². The Morgan fingerprint density at radius 2 is 1.94 bits per heavy atom. The molecular weight excluding hydrogens is 218 g/mol. The summed E-state index contributed by atoms with van der Waals surface area (Å²) in [6.07, 6.45) is 0. The Morgan fingerprint density at radius 1 is 1.24 bits per heavy atom. The van der Waals surface area contributed by atoms with Gasteiger partial charge in [-0.25, -0.2) is 0 Å². The van der Waals surface area contributed by atoms with Crippen LogP contribution in [0.5, 0.6) is 11.5 Å². The first kappa shape index (κ1) is 13.8. The first-order valence-electron chi connectivity index (χ1n) is 5.61. The molecule has 4 nitrogen and oxygen atoms in total. The predicted octanol–water partition coefficient (Wildman–Crippen LogP) is 1.56. The van der Waals surface area contributed by atoms with Crippen molar-refractivity contribution in [2.75, 3.05) is 20.8 Å². The molecule has 0 aliphatic heterocycles. The highest BCUT2D eigenvalue weighted by molar-refractivity contribution is 5.46. The van der Waals surface area contributed by atoms with Crippen molar-refractivity contribution in [1.29, 1.82) is 0 Å². The van der Waals surface area contributed by atoms with E-state index in [1.165, 1.54) is 0 Å². The number of rotatable bonds is 6. The molecule has 0 fully saturated rings. The maximum Gasteiger partial charge on any atom is 0.165 e. The van der Waals surface area contributed by atoms with Gasteiger partial charge in [-0.1, -0.05) is 12.1 Å². The van der Waals surface area contributed by atoms with Crippen LogP contribution in [0.1, 0.15) is 19.4 Å². The molecular formula is C13H21NO3. The van der Waals surface area contributed by atoms with E-state index < -0.39 is 5.60 Å². The summed E-state index contributed by atoms with van der Waals surface area (Å²) in [5.74, 6) is 1.45. The lowest BCUT2D eigenvalue weighted by molar-refractivity contribution is 0.0794. The molecule has 96 valence electrons. The molecule has 0 aliphatic rings. The minimum atomic E-state index is -0.716. The fourth-order valence-corrected chi connectivity index (χ4v) is 1.60. The Morgan fingerprint density at radius 3 is 2.47 bits per heavy atom. The Kier molecular flexibility index (Phi) is 4.78. The van der Waals surface area contributed by atoms with E-state index in [1.54, 1.807) is 28.1 Å². The highest BCUT2D eigenvalue weighted by Crippen LogP contribution is 2.30. The summed E-state index contributed by atoms with van der Waals surface area (Å²) < 4.78 is 10.5. The molecule has 17 heavy (non-hydrogen) atoms. The molecule has 0 saturated heterocycles. The molecule has 0 bridgehead atoms. The Balaban J connectivity index is 2.70. The van der Waals surface area contributed by atoms with Crippen molar-refractivity contribution in [3.05, 3.63) is 23.8 Å². The van der Waals surface area contributed by atoms with Crippen molar-refractivity contribution in [3.63, 3.8) is 0 Å². The molecule has 0 saturated carbocycles. The average molecular weight is 239 g/mol. The minimum absolute atomic E-state index is 0.521. The molecule has 0 amide bonds. The van der Waals surface area contributed by atoms with Gasteiger partial charge in [0.2, 0.25) is 0 Å². The van der Waals surface area contributed by atoms with Crippen LogP contribution in [0.15, 0.2) is 18.2 Å². The molecule has 1 aromatic carbocycles. The van der Waals surface area contributed by atoms with Crippen LogP contribution in [0, 0.1) is 0 Å². The second-order valence-electron chi connectivity index (χ2n) is 4.57. The van der Waals surface area contributed by atoms with Crippen LogP contribution in [0.3, 0.4) is 0 Å². The van der Waals surface area contributed by atoms with Crippen molar-refractivity contribution in [3.8, 4) is 11.5 Å². The maximum absolute atomic E-state index is 9.60. The van der Waals surface area contributed by atoms with Gasteiger partial charge in [-0.2, -0.15) is 0 Å². The third-order valence-electron chi connectivity index (χ3n) is 2.36. The van der Waals surface area contributed by atoms with Gasteiger partial charge in [0.05, 0.1) is 19.8 Å². The fraction of sp³-hybridized carbons (Fsp3) is 0.538. The fourth-order valence-electron chi connectivity index (χ4n) is 1.60. The summed E-state index contributed by atoms with van der Waals surface area (Å²) in [6, 6.07) is 5.75. The Hall–Kier alpha value is -1.26. The van der Waals surface area contributed by atoms with E-state index >= 15 is 0 Å². The average Bonchev–Trinajstić information content (AvgIpc) is 2.27. The normalized spacial score (nSPS) is 11.4. The smallest absolute Gasteiger partial charge is 0.165 e. The lowest BCUT2D eigenvalue weighted by Crippen LogP contribution is -2.34. The Labute approximate surface area is 103 Å². The van der Waals surface area contributed by atoms with Gasteiger partial charge in [-0.05, 0) is 19.9 Å². The van der Waals surface area contributed by atoms with Gasteiger partial charge >= 0.3 is 0 Å². The zero-order valence-electron chi connectivity index (χ0n) is 10.9. The molecule has 0 aliphatic carbocycles. The number of hydrogen-bond acceptors (Lipinski definition) is 4. The zero-order chi connectivity index (χ0) is 12.9. The molecule has 0 aromatic heterocycles. The van der Waals surface area contributed by atoms with Crippen molar-refractivity contribution >= 4 is 0 Å². The van der Waals surface area contributed by atoms with E-state index in [1.807, 2.05) is 18.2 Å². The number of nitrogens with one attached hydrogen (secondary N) is 1. The summed E-state index contributed by atoms with van der Waals surface area (Å²) in [4.78, 5) is 0. The van der Waals surface area contributed by atoms with Gasteiger partial charge in [0.15, 0.2) is 11.5 Å². The highest BCUT2D eigenvalue weighted by Gasteiger charge is 2.13. The second kappa shape index (κ2) is 5.89. The topological polar surface area (TPSA) is 50.7 Å². The van der Waals surface area contributed by atoms with E-state index in [-0.39, 0.29) is 0 Å². The standard InChI is InChI=1S/C13H21NO3/c1-13(2,15)9-14-8-10-6-5-7-11(16-3)12(10)17-4/h5-7,14-15H,8-9H2,1-4H3. The first-order valence-corrected chi connectivity index (χ1v) is 5.61. The number of ether oxygens (including phenoxy) is 2. The van der Waals surface area contributed by atoms with Crippen LogP contribution >= 0.6 is 0 Å². The minimum Gasteiger partial charge on any atom is -0.493 e. The van der Waals surface area contributed by atoms with Gasteiger partial charge in [0.25, 0.3) is 0 Å². The van der Waals surface area contributed by atoms with Crippen molar-refractivity contribution < 1.29 is 14.6 Å². The first-order chi connectivity index (χ1) is 7.98. The lowest BCUT2D eigenvalue weighted by Gasteiger charge is -2.19. The third-order valence-corrected chi connectivity index (χ3v) is 2.36. The van der Waals surface area contributed by atoms with Gasteiger partial charge in [0.1, 0.15) is 0 Å². The van der Waals surface area contributed by atoms with Crippen LogP contribution in [-0.2, 0) is 6.54 Å². The van der Waals surface area contributed by atoms with Crippen molar-refractivity contribution in [2.45, 2.75) is 26.0 Å². The molecule has 0 spiro atoms. The van der Waals surface area contributed by atoms with Crippen molar-refractivity contribution in [1.82, 2.24) is 5.32 Å². The molecule has 2 N–H and O–H groups in total. The summed E-state index contributed by atoms with van der Waals surface area (Å²) in [6.45, 7) is 4.68. The molecule has 0 atom stereocenters. The van der Waals surface area contributed by atoms with Gasteiger partial charge in [-0.3, -0.25) is 0 Å². The number of para-hydroxylation sites is 1. The van der Waals surface area contributed by atoms with E-state index in [9.17, 15) is 5.11 Å². The van der Waals surface area contributed by atoms with E-state index in [2.05, 4.69) is 5.32 Å². The van der Waals surface area contributed by atoms with E-state index in [4.69, 9.17) is 9.47 Å². The summed E-state index contributed by atoms with van der Waals surface area (Å²) in [5.41, 5.74) is 0.294. The molecule has 0 radical (unpaired) electrons. The lowest BCUT2D eigenvalue weighted by atomic mass is 10.1. The largest absolute Gasteiger partial charge is 0.493 e. The third kappa shape index (κ3) is 4.24. The molecule has 0 unspecified atom stereocenters. The maximum atomic E-state index is 9.60. The van der Waals surface area contributed by atoms with Crippen LogP contribution in [0.4, 0.5) is 0 Å². The number of aliphatic hydroxyl groups is 1. The van der Waals surface area contributed by atoms with E-state index in [0.717, 1.165) is 17.1 Å². The Bertz CT molecular complexity index is 358. The number of methoxy groups -OCH3 is 2. The predicted molar refractivity (Wildman–Crippen MR) is 67.6 cm³/mol. The van der Waals surface area contributed by atoms with Gasteiger partial charge in [-0.15, -0.1) is 0 Å². The molecule has 1 aromatic rings. The quantitative estimate of drug-likeness (QED) is 0.791. The van der Waals surface area contributed by atoms with Gasteiger partial charge < -0.3 is 19.9 Å². The van der Waals surface area contributed by atoms with Crippen LogP contribution in [0.2, 0.25) is 0 Å². The monoisotopic (exact) mass is 239 g/mol. The molecule has 4 heteroatoms. The SMILES string of the molecule is COc1cccc(CNCC(C)(C)O)c1OC. The summed E-state index contributed by atoms with van der Waals surface area (Å²) >= 11 is 0. The van der Waals surface area contributed by atoms with E-state index in [0.29, 0.717) is 13.1 Å². The number of benzene rings is 1.